The van der Waals surface area contributed by atoms with Crippen LogP contribution in [0.3, 0.4) is 0 Å². The van der Waals surface area contributed by atoms with E-state index in [1.54, 1.807) is 0 Å². The zero-order valence-corrected chi connectivity index (χ0v) is 14.4. The summed E-state index contributed by atoms with van der Waals surface area (Å²) in [5.41, 5.74) is 2.33. The molecule has 0 radical (unpaired) electrons. The summed E-state index contributed by atoms with van der Waals surface area (Å²) < 4.78 is 5.85. The molecular formula is C19H30N2O2. The molecule has 3 unspecified atom stereocenters. The van der Waals surface area contributed by atoms with Crippen molar-refractivity contribution < 1.29 is 9.84 Å². The van der Waals surface area contributed by atoms with Crippen molar-refractivity contribution in [3.05, 3.63) is 35.4 Å². The van der Waals surface area contributed by atoms with Gasteiger partial charge in [0.1, 0.15) is 0 Å². The molecule has 2 heterocycles. The second-order valence-electron chi connectivity index (χ2n) is 7.22. The van der Waals surface area contributed by atoms with Crippen molar-refractivity contribution in [1.82, 2.24) is 9.80 Å². The Hall–Kier alpha value is -0.940. The van der Waals surface area contributed by atoms with Gasteiger partial charge in [0.15, 0.2) is 0 Å². The van der Waals surface area contributed by atoms with Gasteiger partial charge in [-0.25, -0.2) is 0 Å². The summed E-state index contributed by atoms with van der Waals surface area (Å²) in [7, 11) is 0. The topological polar surface area (TPSA) is 35.9 Å². The first-order valence-corrected chi connectivity index (χ1v) is 8.94. The fourth-order valence-electron chi connectivity index (χ4n) is 4.03. The van der Waals surface area contributed by atoms with Crippen LogP contribution in [0.2, 0.25) is 0 Å². The van der Waals surface area contributed by atoms with E-state index in [4.69, 9.17) is 9.84 Å². The van der Waals surface area contributed by atoms with Crippen molar-refractivity contribution in [1.29, 1.82) is 0 Å². The molecule has 23 heavy (non-hydrogen) atoms. The average Bonchev–Trinajstić information content (AvgIpc) is 2.94. The second kappa shape index (κ2) is 7.75. The van der Waals surface area contributed by atoms with Crippen LogP contribution in [0.5, 0.6) is 0 Å². The number of rotatable bonds is 5. The van der Waals surface area contributed by atoms with E-state index in [9.17, 15) is 0 Å². The normalized spacial score (nSPS) is 30.0. The number of likely N-dealkylation sites (tertiary alicyclic amines) is 1. The third kappa shape index (κ3) is 4.54. The average molecular weight is 318 g/mol. The maximum absolute atomic E-state index is 9.15. The summed E-state index contributed by atoms with van der Waals surface area (Å²) in [4.78, 5) is 5.20. The molecule has 4 heteroatoms. The van der Waals surface area contributed by atoms with Gasteiger partial charge in [-0.15, -0.1) is 0 Å². The van der Waals surface area contributed by atoms with Crippen LogP contribution in [0, 0.1) is 0 Å². The number of benzene rings is 1. The Morgan fingerprint density at radius 1 is 1.09 bits per heavy atom. The molecule has 0 amide bonds. The minimum Gasteiger partial charge on any atom is -0.392 e. The number of nitrogens with zero attached hydrogens (tertiary/aromatic N) is 2. The van der Waals surface area contributed by atoms with Crippen LogP contribution in [0.15, 0.2) is 24.3 Å². The molecule has 1 N–H and O–H groups in total. The van der Waals surface area contributed by atoms with Gasteiger partial charge in [0.2, 0.25) is 0 Å². The van der Waals surface area contributed by atoms with Gasteiger partial charge in [0.25, 0.3) is 0 Å². The first-order valence-electron chi connectivity index (χ1n) is 8.94. The van der Waals surface area contributed by atoms with Crippen molar-refractivity contribution in [2.75, 3.05) is 26.2 Å². The van der Waals surface area contributed by atoms with E-state index in [0.29, 0.717) is 18.2 Å². The summed E-state index contributed by atoms with van der Waals surface area (Å²) >= 11 is 0. The van der Waals surface area contributed by atoms with Crippen molar-refractivity contribution in [2.45, 2.75) is 58.1 Å². The number of ether oxygens (including phenoxy) is 1. The van der Waals surface area contributed by atoms with E-state index >= 15 is 0 Å². The minimum absolute atomic E-state index is 0.125. The first-order chi connectivity index (χ1) is 11.1. The molecule has 4 nitrogen and oxygen atoms in total. The summed E-state index contributed by atoms with van der Waals surface area (Å²) in [5.74, 6) is 0. The predicted octanol–water partition coefficient (Wildman–Crippen LogP) is 2.25. The number of aliphatic hydroxyl groups is 1. The summed E-state index contributed by atoms with van der Waals surface area (Å²) in [6.45, 7) is 9.97. The molecule has 0 spiro atoms. The van der Waals surface area contributed by atoms with Crippen molar-refractivity contribution in [3.8, 4) is 0 Å². The predicted molar refractivity (Wildman–Crippen MR) is 92.2 cm³/mol. The molecule has 0 saturated carbocycles. The largest absolute Gasteiger partial charge is 0.392 e. The summed E-state index contributed by atoms with van der Waals surface area (Å²) in [6, 6.07) is 9.03. The Morgan fingerprint density at radius 3 is 2.39 bits per heavy atom. The maximum Gasteiger partial charge on any atom is 0.0681 e. The van der Waals surface area contributed by atoms with E-state index in [1.165, 1.54) is 24.9 Å². The first kappa shape index (κ1) is 16.9. The van der Waals surface area contributed by atoms with Gasteiger partial charge in [-0.3, -0.25) is 9.80 Å². The van der Waals surface area contributed by atoms with E-state index in [0.717, 1.165) is 31.7 Å². The highest BCUT2D eigenvalue weighted by molar-refractivity contribution is 5.22. The van der Waals surface area contributed by atoms with Crippen LogP contribution in [0.25, 0.3) is 0 Å². The van der Waals surface area contributed by atoms with Crippen LogP contribution in [0.4, 0.5) is 0 Å². The lowest BCUT2D eigenvalue weighted by molar-refractivity contribution is -0.0724. The van der Waals surface area contributed by atoms with E-state index in [1.807, 2.05) is 12.1 Å². The zero-order chi connectivity index (χ0) is 16.2. The van der Waals surface area contributed by atoms with E-state index in [2.05, 4.69) is 35.8 Å². The lowest BCUT2D eigenvalue weighted by Gasteiger charge is -2.38. The van der Waals surface area contributed by atoms with Crippen LogP contribution in [-0.4, -0.2) is 59.3 Å². The van der Waals surface area contributed by atoms with Crippen LogP contribution in [-0.2, 0) is 17.9 Å². The van der Waals surface area contributed by atoms with E-state index < -0.39 is 0 Å². The molecule has 0 bridgehead atoms. The second-order valence-corrected chi connectivity index (χ2v) is 7.22. The Labute approximate surface area is 140 Å². The fourth-order valence-corrected chi connectivity index (χ4v) is 4.03. The standard InChI is InChI=1S/C19H30N2O2/c1-15-10-20(11-16(2)23-15)13-19-4-3-9-21(19)12-17-5-7-18(14-22)8-6-17/h5-8,15-16,19,22H,3-4,9-14H2,1-2H3. The Kier molecular flexibility index (Phi) is 5.70. The molecule has 2 fully saturated rings. The third-order valence-electron chi connectivity index (χ3n) is 5.05. The smallest absolute Gasteiger partial charge is 0.0681 e. The Bertz CT molecular complexity index is 481. The van der Waals surface area contributed by atoms with Gasteiger partial charge in [-0.05, 0) is 44.4 Å². The number of aliphatic hydroxyl groups excluding tert-OH is 1. The molecular weight excluding hydrogens is 288 g/mol. The molecule has 0 aromatic heterocycles. The minimum atomic E-state index is 0.125. The lowest BCUT2D eigenvalue weighted by atomic mass is 10.1. The fraction of sp³-hybridized carbons (Fsp3) is 0.684. The molecule has 128 valence electrons. The van der Waals surface area contributed by atoms with Gasteiger partial charge in [0, 0.05) is 32.2 Å². The SMILES string of the molecule is CC1CN(CC2CCCN2Cc2ccc(CO)cc2)CC(C)O1. The quantitative estimate of drug-likeness (QED) is 0.903. The number of morpholine rings is 1. The van der Waals surface area contributed by atoms with Gasteiger partial charge in [0.05, 0.1) is 18.8 Å². The lowest BCUT2D eigenvalue weighted by Crippen LogP contribution is -2.50. The van der Waals surface area contributed by atoms with Crippen molar-refractivity contribution in [3.63, 3.8) is 0 Å². The van der Waals surface area contributed by atoms with Crippen LogP contribution < -0.4 is 0 Å². The summed E-state index contributed by atoms with van der Waals surface area (Å²) in [5, 5.41) is 9.15. The van der Waals surface area contributed by atoms with Crippen molar-refractivity contribution in [2.24, 2.45) is 0 Å². The molecule has 2 aliphatic rings. The molecule has 0 aliphatic carbocycles. The third-order valence-corrected chi connectivity index (χ3v) is 5.05. The molecule has 1 aromatic carbocycles. The van der Waals surface area contributed by atoms with Gasteiger partial charge in [-0.1, -0.05) is 24.3 Å². The maximum atomic E-state index is 9.15. The monoisotopic (exact) mass is 318 g/mol. The van der Waals surface area contributed by atoms with Crippen molar-refractivity contribution >= 4 is 0 Å². The molecule has 1 aromatic rings. The van der Waals surface area contributed by atoms with Crippen LogP contribution in [0.1, 0.15) is 37.8 Å². The number of hydrogen-bond acceptors (Lipinski definition) is 4. The highest BCUT2D eigenvalue weighted by Crippen LogP contribution is 2.22. The van der Waals surface area contributed by atoms with Crippen LogP contribution >= 0.6 is 0 Å². The molecule has 3 rings (SSSR count). The molecule has 3 atom stereocenters. The van der Waals surface area contributed by atoms with Gasteiger partial charge >= 0.3 is 0 Å². The number of hydrogen-bond donors (Lipinski definition) is 1. The summed E-state index contributed by atoms with van der Waals surface area (Å²) in [6.07, 6.45) is 3.29. The molecule has 2 aliphatic heterocycles. The van der Waals surface area contributed by atoms with E-state index in [-0.39, 0.29) is 6.61 Å². The highest BCUT2D eigenvalue weighted by Gasteiger charge is 2.29. The van der Waals surface area contributed by atoms with Gasteiger partial charge in [-0.2, -0.15) is 0 Å². The zero-order valence-electron chi connectivity index (χ0n) is 14.4. The molecule has 2 saturated heterocycles. The highest BCUT2D eigenvalue weighted by atomic mass is 16.5. The Balaban J connectivity index is 1.56. The van der Waals surface area contributed by atoms with Gasteiger partial charge < -0.3 is 9.84 Å². The Morgan fingerprint density at radius 2 is 1.74 bits per heavy atom.